The number of carbonyl (C=O) groups is 1. The Kier molecular flexibility index (Phi) is 3.70. The van der Waals surface area contributed by atoms with Crippen molar-refractivity contribution in [2.24, 2.45) is 17.8 Å². The lowest BCUT2D eigenvalue weighted by molar-refractivity contribution is -0.210. The monoisotopic (exact) mass is 383 g/mol. The van der Waals surface area contributed by atoms with Gasteiger partial charge in [-0.2, -0.15) is 13.2 Å². The Morgan fingerprint density at radius 3 is 2.22 bits per heavy atom. The first-order valence-electron chi connectivity index (χ1n) is 9.98. The molecule has 6 rings (SSSR count). The second-order valence-corrected chi connectivity index (χ2v) is 9.29. The quantitative estimate of drug-likeness (QED) is 0.717. The van der Waals surface area contributed by atoms with Crippen molar-refractivity contribution >= 4 is 5.97 Å². The van der Waals surface area contributed by atoms with Crippen molar-refractivity contribution in [1.82, 2.24) is 14.8 Å². The number of hydrogen-bond acceptors (Lipinski definition) is 4. The summed E-state index contributed by atoms with van der Waals surface area (Å²) in [6.07, 6.45) is 1.96. The molecule has 0 N–H and O–H groups in total. The smallest absolute Gasteiger partial charge is 0.434 e. The summed E-state index contributed by atoms with van der Waals surface area (Å²) >= 11 is 0. The molecule has 0 saturated heterocycles. The molecule has 0 aromatic carbocycles. The van der Waals surface area contributed by atoms with Crippen molar-refractivity contribution in [2.45, 2.75) is 82.0 Å². The first-order valence-corrected chi connectivity index (χ1v) is 9.98. The van der Waals surface area contributed by atoms with E-state index in [9.17, 15) is 18.0 Å². The average Bonchev–Trinajstić information content (AvgIpc) is 3.02. The maximum Gasteiger partial charge on any atom is 0.491 e. The summed E-state index contributed by atoms with van der Waals surface area (Å²) in [5.74, 6) is 1.44. The van der Waals surface area contributed by atoms with Crippen LogP contribution in [0, 0.1) is 17.8 Å². The number of hydrogen-bond donors (Lipinski definition) is 0. The van der Waals surface area contributed by atoms with Crippen LogP contribution in [-0.4, -0.2) is 26.9 Å². The van der Waals surface area contributed by atoms with E-state index in [1.807, 2.05) is 6.92 Å². The van der Waals surface area contributed by atoms with Crippen LogP contribution >= 0.6 is 0 Å². The highest BCUT2D eigenvalue weighted by Gasteiger charge is 2.55. The molecule has 5 aliphatic rings. The third-order valence-electron chi connectivity index (χ3n) is 7.28. The molecule has 1 aromatic rings. The average molecular weight is 383 g/mol. The molecule has 27 heavy (non-hydrogen) atoms. The van der Waals surface area contributed by atoms with Crippen LogP contribution in [0.15, 0.2) is 0 Å². The predicted molar refractivity (Wildman–Crippen MR) is 88.7 cm³/mol. The number of halogens is 3. The molecule has 5 nitrogen and oxygen atoms in total. The zero-order chi connectivity index (χ0) is 19.0. The van der Waals surface area contributed by atoms with E-state index in [4.69, 9.17) is 4.74 Å². The highest BCUT2D eigenvalue weighted by molar-refractivity contribution is 5.75. The number of rotatable bonds is 2. The van der Waals surface area contributed by atoms with Gasteiger partial charge in [-0.1, -0.05) is 6.92 Å². The minimum atomic E-state index is -4.99. The molecule has 2 unspecified atom stereocenters. The van der Waals surface area contributed by atoms with E-state index in [0.717, 1.165) is 25.1 Å². The number of fused-ring (bicyclic) bond motifs is 1. The summed E-state index contributed by atoms with van der Waals surface area (Å²) in [7, 11) is 0. The third-order valence-corrected chi connectivity index (χ3v) is 7.28. The number of ether oxygens (including phenoxy) is 1. The Morgan fingerprint density at radius 2 is 1.67 bits per heavy atom. The maximum atomic E-state index is 12.8. The summed E-state index contributed by atoms with van der Waals surface area (Å²) in [6.45, 7) is 2.01. The van der Waals surface area contributed by atoms with Crippen molar-refractivity contribution < 1.29 is 22.7 Å². The van der Waals surface area contributed by atoms with Gasteiger partial charge in [0.1, 0.15) is 11.6 Å². The van der Waals surface area contributed by atoms with E-state index in [2.05, 4.69) is 10.2 Å². The molecule has 4 bridgehead atoms. The lowest BCUT2D eigenvalue weighted by Gasteiger charge is -2.56. The van der Waals surface area contributed by atoms with Gasteiger partial charge in [-0.25, -0.2) is 4.79 Å². The van der Waals surface area contributed by atoms with Crippen LogP contribution in [0.2, 0.25) is 0 Å². The number of esters is 1. The molecule has 4 aliphatic carbocycles. The number of alkyl halides is 3. The minimum absolute atomic E-state index is 0.0981. The van der Waals surface area contributed by atoms with Gasteiger partial charge in [0.15, 0.2) is 6.23 Å². The molecule has 8 heteroatoms. The van der Waals surface area contributed by atoms with Crippen molar-refractivity contribution in [3.05, 3.63) is 11.6 Å². The Balaban J connectivity index is 1.53. The maximum absolute atomic E-state index is 12.8. The van der Waals surface area contributed by atoms with Crippen LogP contribution in [0.4, 0.5) is 13.2 Å². The van der Waals surface area contributed by atoms with Gasteiger partial charge in [0.25, 0.3) is 0 Å². The highest BCUT2D eigenvalue weighted by atomic mass is 19.4. The summed E-state index contributed by atoms with van der Waals surface area (Å²) in [5.41, 5.74) is -0.111. The van der Waals surface area contributed by atoms with E-state index < -0.39 is 18.4 Å². The van der Waals surface area contributed by atoms with Crippen molar-refractivity contribution in [2.75, 3.05) is 0 Å². The van der Waals surface area contributed by atoms with Gasteiger partial charge < -0.3 is 4.74 Å². The molecule has 0 amide bonds. The van der Waals surface area contributed by atoms with Crippen LogP contribution in [0.1, 0.15) is 82.1 Å². The van der Waals surface area contributed by atoms with Gasteiger partial charge >= 0.3 is 12.1 Å². The minimum Gasteiger partial charge on any atom is -0.434 e. The fraction of sp³-hybridized carbons (Fsp3) is 0.842. The van der Waals surface area contributed by atoms with Gasteiger partial charge in [0.05, 0.1) is 0 Å². The second kappa shape index (κ2) is 5.70. The molecular weight excluding hydrogens is 359 g/mol. The molecule has 1 aliphatic heterocycles. The van der Waals surface area contributed by atoms with Crippen molar-refractivity contribution in [3.63, 3.8) is 0 Å². The van der Waals surface area contributed by atoms with Crippen LogP contribution in [0.3, 0.4) is 0 Å². The zero-order valence-corrected chi connectivity index (χ0v) is 15.3. The van der Waals surface area contributed by atoms with Crippen LogP contribution in [0.25, 0.3) is 0 Å². The first kappa shape index (κ1) is 17.5. The standard InChI is InChI=1S/C19H24F3N3O2/c1-10-2-3-14(27-17(26)19(20,21)22)25-15(10)23-24-16(25)18-7-11-4-12(8-18)6-13(5-11)9-18/h10-14H,2-9H2,1H3. The van der Waals surface area contributed by atoms with Gasteiger partial charge in [-0.05, 0) is 62.7 Å². The molecule has 2 atom stereocenters. The SMILES string of the molecule is CC1CCC(OC(=O)C(F)(F)F)n2c1nnc2C12CC3CC(CC(C3)C1)C2. The molecule has 2 heterocycles. The zero-order valence-electron chi connectivity index (χ0n) is 15.3. The van der Waals surface area contributed by atoms with Crippen molar-refractivity contribution in [1.29, 1.82) is 0 Å². The fourth-order valence-electron chi connectivity index (χ4n) is 6.62. The number of aromatic nitrogens is 3. The van der Waals surface area contributed by atoms with Gasteiger partial charge in [-0.3, -0.25) is 4.57 Å². The lowest BCUT2D eigenvalue weighted by atomic mass is 9.49. The second-order valence-electron chi connectivity index (χ2n) is 9.29. The van der Waals surface area contributed by atoms with Crippen LogP contribution in [0.5, 0.6) is 0 Å². The normalized spacial score (nSPS) is 40.1. The summed E-state index contributed by atoms with van der Waals surface area (Å²) in [4.78, 5) is 11.5. The topological polar surface area (TPSA) is 57.0 Å². The molecule has 4 saturated carbocycles. The summed E-state index contributed by atoms with van der Waals surface area (Å²) in [5, 5.41) is 8.85. The highest BCUT2D eigenvalue weighted by Crippen LogP contribution is 2.61. The largest absolute Gasteiger partial charge is 0.491 e. The van der Waals surface area contributed by atoms with E-state index in [0.29, 0.717) is 36.4 Å². The molecule has 0 radical (unpaired) electrons. The Morgan fingerprint density at radius 1 is 1.07 bits per heavy atom. The van der Waals surface area contributed by atoms with Gasteiger partial charge in [0, 0.05) is 17.8 Å². The van der Waals surface area contributed by atoms with E-state index >= 15 is 0 Å². The van der Waals surface area contributed by atoms with Gasteiger partial charge in [0.2, 0.25) is 0 Å². The molecular formula is C19H24F3N3O2. The Labute approximate surface area is 155 Å². The first-order chi connectivity index (χ1) is 12.7. The molecule has 1 aromatic heterocycles. The predicted octanol–water partition coefficient (Wildman–Crippen LogP) is 4.25. The Bertz CT molecular complexity index is 737. The van der Waals surface area contributed by atoms with Crippen molar-refractivity contribution in [3.8, 4) is 0 Å². The van der Waals surface area contributed by atoms with E-state index in [-0.39, 0.29) is 11.3 Å². The number of carbonyl (C=O) groups excluding carboxylic acids is 1. The molecule has 148 valence electrons. The third kappa shape index (κ3) is 2.70. The fourth-order valence-corrected chi connectivity index (χ4v) is 6.62. The molecule has 4 fully saturated rings. The lowest BCUT2D eigenvalue weighted by Crippen LogP contribution is -2.50. The molecule has 0 spiro atoms. The van der Waals surface area contributed by atoms with Gasteiger partial charge in [-0.15, -0.1) is 10.2 Å². The Hall–Kier alpha value is -1.60. The number of nitrogens with zero attached hydrogens (tertiary/aromatic N) is 3. The van der Waals surface area contributed by atoms with E-state index in [1.165, 1.54) is 19.3 Å². The van der Waals surface area contributed by atoms with Crippen LogP contribution in [-0.2, 0) is 14.9 Å². The van der Waals surface area contributed by atoms with E-state index in [1.54, 1.807) is 4.57 Å². The summed E-state index contributed by atoms with van der Waals surface area (Å²) < 4.78 is 45.0. The summed E-state index contributed by atoms with van der Waals surface area (Å²) in [6, 6.07) is 0. The van der Waals surface area contributed by atoms with Crippen LogP contribution < -0.4 is 0 Å².